The molecule has 0 saturated carbocycles. The van der Waals surface area contributed by atoms with E-state index in [1.54, 1.807) is 6.07 Å². The fourth-order valence-electron chi connectivity index (χ4n) is 2.90. The van der Waals surface area contributed by atoms with Gasteiger partial charge in [-0.25, -0.2) is 18.4 Å². The van der Waals surface area contributed by atoms with Crippen molar-refractivity contribution in [2.45, 2.75) is 38.3 Å². The number of aliphatic carboxylic acids is 2. The molecule has 0 unspecified atom stereocenters. The molecule has 2 N–H and O–H groups in total. The number of hydrogen-bond acceptors (Lipinski definition) is 5. The molecule has 2 atom stereocenters. The van der Waals surface area contributed by atoms with Crippen molar-refractivity contribution in [3.8, 4) is 0 Å². The monoisotopic (exact) mass is 540 g/mol. The Labute approximate surface area is 202 Å². The lowest BCUT2D eigenvalue weighted by atomic mass is 9.96. The molecule has 1 heterocycles. The molecule has 7 nitrogen and oxygen atoms in total. The van der Waals surface area contributed by atoms with Gasteiger partial charge in [0.05, 0.1) is 13.2 Å². The van der Waals surface area contributed by atoms with E-state index in [0.717, 1.165) is 31.7 Å². The second-order valence-electron chi connectivity index (χ2n) is 7.99. The fraction of sp³-hybridized carbons (Fsp3) is 0.619. The lowest BCUT2D eigenvalue weighted by molar-refractivity contribution is -0.193. The summed E-state index contributed by atoms with van der Waals surface area (Å²) in [4.78, 5) is 22.3. The summed E-state index contributed by atoms with van der Waals surface area (Å²) in [6, 6.07) is 4.51. The molecule has 1 fully saturated rings. The van der Waals surface area contributed by atoms with Crippen molar-refractivity contribution < 1.29 is 59.7 Å². The number of alkyl halides is 6. The Kier molecular flexibility index (Phi) is 13.9. The minimum absolute atomic E-state index is 0.357. The van der Waals surface area contributed by atoms with Crippen molar-refractivity contribution in [2.75, 3.05) is 40.4 Å². The molecule has 0 aliphatic carbocycles. The van der Waals surface area contributed by atoms with Gasteiger partial charge in [-0.2, -0.15) is 26.3 Å². The van der Waals surface area contributed by atoms with Gasteiger partial charge in [-0.3, -0.25) is 4.90 Å². The van der Waals surface area contributed by atoms with Crippen molar-refractivity contribution in [3.05, 3.63) is 35.4 Å². The van der Waals surface area contributed by atoms with E-state index in [0.29, 0.717) is 25.1 Å². The van der Waals surface area contributed by atoms with Gasteiger partial charge in [0.25, 0.3) is 0 Å². The minimum Gasteiger partial charge on any atom is -0.475 e. The topological polar surface area (TPSA) is 90.3 Å². The van der Waals surface area contributed by atoms with Crippen molar-refractivity contribution in [3.63, 3.8) is 0 Å². The van der Waals surface area contributed by atoms with Crippen molar-refractivity contribution in [2.24, 2.45) is 5.92 Å². The highest BCUT2D eigenvalue weighted by Crippen LogP contribution is 2.22. The van der Waals surface area contributed by atoms with Crippen LogP contribution in [0.3, 0.4) is 0 Å². The standard InChI is InChI=1S/C17H26F2N2O.2C2HF3O2/c1-13-15(6-7-20(2)3)12-22-9-8-21(13)11-14-4-5-16(18)17(19)10-14;2*3-2(4,5)1(6)7/h4-5,10,13,15H,6-9,11-12H2,1-3H3;2*(H,6,7)/t13-,15+;;/m0../s1. The maximum absolute atomic E-state index is 13.4. The van der Waals surface area contributed by atoms with Gasteiger partial charge in [0, 0.05) is 19.1 Å². The first-order valence-corrected chi connectivity index (χ1v) is 10.4. The summed E-state index contributed by atoms with van der Waals surface area (Å²) in [5.41, 5.74) is 0.805. The summed E-state index contributed by atoms with van der Waals surface area (Å²) in [7, 11) is 4.14. The van der Waals surface area contributed by atoms with E-state index in [9.17, 15) is 35.1 Å². The van der Waals surface area contributed by atoms with Gasteiger partial charge in [-0.15, -0.1) is 0 Å². The molecule has 1 saturated heterocycles. The Hall–Kier alpha value is -2.52. The third-order valence-corrected chi connectivity index (χ3v) is 4.91. The van der Waals surface area contributed by atoms with Crippen LogP contribution >= 0.6 is 0 Å². The van der Waals surface area contributed by atoms with Gasteiger partial charge in [-0.1, -0.05) is 6.07 Å². The number of carboxylic acid groups (broad SMARTS) is 2. The van der Waals surface area contributed by atoms with E-state index >= 15 is 0 Å². The zero-order valence-corrected chi connectivity index (χ0v) is 19.7. The molecule has 1 aliphatic rings. The Balaban J connectivity index is 0.000000720. The van der Waals surface area contributed by atoms with Crippen LogP contribution in [0.2, 0.25) is 0 Å². The molecule has 2 rings (SSSR count). The predicted molar refractivity (Wildman–Crippen MR) is 111 cm³/mol. The van der Waals surface area contributed by atoms with Gasteiger partial charge >= 0.3 is 24.3 Å². The molecule has 208 valence electrons. The Morgan fingerprint density at radius 2 is 1.53 bits per heavy atom. The smallest absolute Gasteiger partial charge is 0.475 e. The molecule has 1 aromatic rings. The van der Waals surface area contributed by atoms with E-state index < -0.39 is 35.9 Å². The van der Waals surface area contributed by atoms with Crippen LogP contribution < -0.4 is 0 Å². The average Bonchev–Trinajstić information content (AvgIpc) is 2.90. The van der Waals surface area contributed by atoms with E-state index in [1.807, 2.05) is 0 Å². The van der Waals surface area contributed by atoms with Crippen molar-refractivity contribution in [1.29, 1.82) is 0 Å². The van der Waals surface area contributed by atoms with E-state index in [1.165, 1.54) is 12.1 Å². The second kappa shape index (κ2) is 14.9. The third kappa shape index (κ3) is 13.5. The van der Waals surface area contributed by atoms with Crippen LogP contribution in [0.15, 0.2) is 18.2 Å². The zero-order valence-electron chi connectivity index (χ0n) is 19.7. The molecule has 0 bridgehead atoms. The number of rotatable bonds is 5. The maximum atomic E-state index is 13.4. The quantitative estimate of drug-likeness (QED) is 0.546. The first kappa shape index (κ1) is 33.5. The SMILES string of the molecule is C[C@H]1[C@H](CCN(C)C)COCCN1Cc1ccc(F)c(F)c1.O=C(O)C(F)(F)F.O=C(O)C(F)(F)F. The normalized spacial score (nSPS) is 18.9. The lowest BCUT2D eigenvalue weighted by Crippen LogP contribution is -2.39. The lowest BCUT2D eigenvalue weighted by Gasteiger charge is -2.32. The Bertz CT molecular complexity index is 810. The molecular formula is C21H28F8N2O5. The van der Waals surface area contributed by atoms with Gasteiger partial charge in [0.15, 0.2) is 11.6 Å². The molecule has 0 radical (unpaired) electrons. The number of nitrogens with zero attached hydrogens (tertiary/aromatic N) is 2. The molecule has 1 aromatic carbocycles. The Morgan fingerprint density at radius 3 is 1.94 bits per heavy atom. The summed E-state index contributed by atoms with van der Waals surface area (Å²) < 4.78 is 95.6. The van der Waals surface area contributed by atoms with Crippen LogP contribution in [-0.2, 0) is 20.9 Å². The van der Waals surface area contributed by atoms with Crippen LogP contribution in [0.1, 0.15) is 18.9 Å². The number of hydrogen-bond donors (Lipinski definition) is 2. The van der Waals surface area contributed by atoms with E-state index in [-0.39, 0.29) is 0 Å². The van der Waals surface area contributed by atoms with E-state index in [2.05, 4.69) is 30.8 Å². The minimum atomic E-state index is -5.08. The third-order valence-electron chi connectivity index (χ3n) is 4.91. The first-order chi connectivity index (χ1) is 16.4. The Morgan fingerprint density at radius 1 is 1.03 bits per heavy atom. The van der Waals surface area contributed by atoms with Crippen LogP contribution in [0, 0.1) is 17.6 Å². The molecular weight excluding hydrogens is 512 g/mol. The van der Waals surface area contributed by atoms with Gasteiger partial charge < -0.3 is 19.8 Å². The summed E-state index contributed by atoms with van der Waals surface area (Å²) in [6.07, 6.45) is -9.09. The number of benzene rings is 1. The molecule has 0 amide bonds. The van der Waals surface area contributed by atoms with Crippen molar-refractivity contribution in [1.82, 2.24) is 9.80 Å². The molecule has 15 heteroatoms. The van der Waals surface area contributed by atoms with Crippen LogP contribution in [-0.4, -0.2) is 90.7 Å². The maximum Gasteiger partial charge on any atom is 0.490 e. The summed E-state index contributed by atoms with van der Waals surface area (Å²) in [6.45, 7) is 6.13. The van der Waals surface area contributed by atoms with Gasteiger partial charge in [0.2, 0.25) is 0 Å². The highest BCUT2D eigenvalue weighted by atomic mass is 19.4. The van der Waals surface area contributed by atoms with Crippen LogP contribution in [0.4, 0.5) is 35.1 Å². The van der Waals surface area contributed by atoms with Gasteiger partial charge in [0.1, 0.15) is 0 Å². The number of carboxylic acids is 2. The first-order valence-electron chi connectivity index (χ1n) is 10.4. The highest BCUT2D eigenvalue weighted by molar-refractivity contribution is 5.73. The van der Waals surface area contributed by atoms with Crippen molar-refractivity contribution >= 4 is 11.9 Å². The molecule has 0 aromatic heterocycles. The highest BCUT2D eigenvalue weighted by Gasteiger charge is 2.38. The van der Waals surface area contributed by atoms with Crippen LogP contribution in [0.25, 0.3) is 0 Å². The summed E-state index contributed by atoms with van der Waals surface area (Å²) >= 11 is 0. The summed E-state index contributed by atoms with van der Waals surface area (Å²) in [5.74, 6) is -6.63. The number of ether oxygens (including phenoxy) is 1. The largest absolute Gasteiger partial charge is 0.490 e. The second-order valence-corrected chi connectivity index (χ2v) is 7.99. The molecule has 1 aliphatic heterocycles. The molecule has 36 heavy (non-hydrogen) atoms. The van der Waals surface area contributed by atoms with Gasteiger partial charge in [-0.05, 0) is 57.6 Å². The summed E-state index contributed by atoms with van der Waals surface area (Å²) in [5, 5.41) is 14.2. The van der Waals surface area contributed by atoms with E-state index in [4.69, 9.17) is 24.5 Å². The average molecular weight is 540 g/mol. The number of carbonyl (C=O) groups is 2. The molecule has 0 spiro atoms. The van der Waals surface area contributed by atoms with Crippen LogP contribution in [0.5, 0.6) is 0 Å². The number of halogens is 8. The predicted octanol–water partition coefficient (Wildman–Crippen LogP) is 4.02. The fourth-order valence-corrected chi connectivity index (χ4v) is 2.90. The zero-order chi connectivity index (χ0) is 28.3.